The van der Waals surface area contributed by atoms with Gasteiger partial charge in [-0.05, 0) is 59.5 Å². The molecule has 1 aliphatic heterocycles. The fourth-order valence-electron chi connectivity index (χ4n) is 7.39. The first-order valence-corrected chi connectivity index (χ1v) is 15.6. The molecule has 7 aromatic carbocycles. The summed E-state index contributed by atoms with van der Waals surface area (Å²) in [5, 5.41) is 4.78. The van der Waals surface area contributed by atoms with Crippen LogP contribution < -0.4 is 4.90 Å². The number of fused-ring (bicyclic) bond motifs is 6. The van der Waals surface area contributed by atoms with Gasteiger partial charge in [-0.15, -0.1) is 0 Å². The van der Waals surface area contributed by atoms with E-state index in [1.54, 1.807) is 0 Å². The third-order valence-electron chi connectivity index (χ3n) is 9.29. The first-order valence-electron chi connectivity index (χ1n) is 15.6. The average Bonchev–Trinajstić information content (AvgIpc) is 3.47. The zero-order chi connectivity index (χ0) is 30.2. The molecule has 0 saturated heterocycles. The number of benzene rings is 7. The molecule has 0 amide bonds. The SMILES string of the molecule is c1ccc(-n2c3ccccc3c3c(-c4nc5ccccc5nc4N4c5ccccc5-c5cccc6cccc4c56)cccc32)cc1. The van der Waals surface area contributed by atoms with Crippen LogP contribution in [0, 0.1) is 0 Å². The summed E-state index contributed by atoms with van der Waals surface area (Å²) in [6, 6.07) is 55.8. The predicted molar refractivity (Wildman–Crippen MR) is 190 cm³/mol. The van der Waals surface area contributed by atoms with Crippen molar-refractivity contribution in [3.8, 4) is 28.1 Å². The van der Waals surface area contributed by atoms with Crippen LogP contribution in [0.4, 0.5) is 17.2 Å². The molecule has 0 radical (unpaired) electrons. The van der Waals surface area contributed by atoms with Gasteiger partial charge in [0, 0.05) is 33.0 Å². The molecule has 0 spiro atoms. The monoisotopic (exact) mass is 586 g/mol. The van der Waals surface area contributed by atoms with Gasteiger partial charge in [-0.1, -0.05) is 109 Å². The molecule has 4 heteroatoms. The van der Waals surface area contributed by atoms with Gasteiger partial charge in [-0.2, -0.15) is 0 Å². The van der Waals surface area contributed by atoms with Crippen molar-refractivity contribution in [3.05, 3.63) is 158 Å². The third kappa shape index (κ3) is 3.49. The van der Waals surface area contributed by atoms with Crippen LogP contribution in [0.2, 0.25) is 0 Å². The Balaban J connectivity index is 1.35. The van der Waals surface area contributed by atoms with Crippen LogP contribution >= 0.6 is 0 Å². The van der Waals surface area contributed by atoms with Crippen LogP contribution in [0.5, 0.6) is 0 Å². The van der Waals surface area contributed by atoms with Gasteiger partial charge in [0.1, 0.15) is 5.69 Å². The summed E-state index contributed by atoms with van der Waals surface area (Å²) in [4.78, 5) is 13.2. The second kappa shape index (κ2) is 9.62. The molecule has 0 aliphatic carbocycles. The van der Waals surface area contributed by atoms with Crippen LogP contribution in [-0.4, -0.2) is 14.5 Å². The van der Waals surface area contributed by atoms with Gasteiger partial charge in [0.15, 0.2) is 5.82 Å². The number of rotatable bonds is 3. The van der Waals surface area contributed by atoms with Crippen molar-refractivity contribution in [1.82, 2.24) is 14.5 Å². The standard InChI is InChI=1S/C42H26N4/c1-2-15-28(16-3-1)45-36-24-9-5-18-31(36)40-32(20-12-26-38(40)45)41-42(44-34-22-7-6-21-33(34)43-41)46-35-23-8-4-17-29(35)30-19-10-13-27-14-11-25-37(46)39(27)30/h1-26H. The van der Waals surface area contributed by atoms with Gasteiger partial charge >= 0.3 is 0 Å². The number of anilines is 3. The molecule has 0 bridgehead atoms. The lowest BCUT2D eigenvalue weighted by Crippen LogP contribution is -2.18. The first kappa shape index (κ1) is 25.1. The van der Waals surface area contributed by atoms with E-state index in [9.17, 15) is 0 Å². The molecule has 1 aliphatic rings. The molecule has 0 fully saturated rings. The second-order valence-corrected chi connectivity index (χ2v) is 11.8. The number of hydrogen-bond acceptors (Lipinski definition) is 3. The molecule has 0 saturated carbocycles. The number of nitrogens with zero attached hydrogens (tertiary/aromatic N) is 4. The Morgan fingerprint density at radius 1 is 0.413 bits per heavy atom. The summed E-state index contributed by atoms with van der Waals surface area (Å²) in [6.07, 6.45) is 0. The van der Waals surface area contributed by atoms with Crippen LogP contribution in [0.25, 0.3) is 71.7 Å². The maximum absolute atomic E-state index is 5.44. The highest BCUT2D eigenvalue weighted by atomic mass is 15.2. The van der Waals surface area contributed by atoms with E-state index in [1.165, 1.54) is 27.3 Å². The van der Waals surface area contributed by atoms with Crippen molar-refractivity contribution in [2.75, 3.05) is 4.90 Å². The highest BCUT2D eigenvalue weighted by molar-refractivity contribution is 6.18. The molecule has 214 valence electrons. The fraction of sp³-hybridized carbons (Fsp3) is 0. The topological polar surface area (TPSA) is 34.0 Å². The molecule has 0 N–H and O–H groups in total. The maximum Gasteiger partial charge on any atom is 0.165 e. The van der Waals surface area contributed by atoms with Crippen LogP contribution in [0.1, 0.15) is 0 Å². The molecule has 46 heavy (non-hydrogen) atoms. The normalized spacial score (nSPS) is 12.3. The summed E-state index contributed by atoms with van der Waals surface area (Å²) >= 11 is 0. The van der Waals surface area contributed by atoms with Crippen LogP contribution in [-0.2, 0) is 0 Å². The maximum atomic E-state index is 5.44. The summed E-state index contributed by atoms with van der Waals surface area (Å²) in [5.74, 6) is 0.817. The summed E-state index contributed by atoms with van der Waals surface area (Å²) in [7, 11) is 0. The quantitative estimate of drug-likeness (QED) is 0.206. The van der Waals surface area contributed by atoms with Gasteiger partial charge in [0.25, 0.3) is 0 Å². The number of para-hydroxylation sites is 5. The molecule has 3 heterocycles. The lowest BCUT2D eigenvalue weighted by Gasteiger charge is -2.33. The third-order valence-corrected chi connectivity index (χ3v) is 9.29. The average molecular weight is 587 g/mol. The summed E-state index contributed by atoms with van der Waals surface area (Å²) in [5.41, 5.74) is 11.7. The lowest BCUT2D eigenvalue weighted by atomic mass is 9.91. The Bertz CT molecular complexity index is 2650. The van der Waals surface area contributed by atoms with E-state index in [0.29, 0.717) is 0 Å². The van der Waals surface area contributed by atoms with Crippen LogP contribution in [0.15, 0.2) is 158 Å². The molecular formula is C42H26N4. The Kier molecular flexibility index (Phi) is 5.25. The molecule has 2 aromatic heterocycles. The minimum absolute atomic E-state index is 0.817. The van der Waals surface area contributed by atoms with Crippen molar-refractivity contribution < 1.29 is 0 Å². The molecule has 0 atom stereocenters. The van der Waals surface area contributed by atoms with Crippen molar-refractivity contribution >= 4 is 60.8 Å². The largest absolute Gasteiger partial charge is 0.309 e. The van der Waals surface area contributed by atoms with Gasteiger partial charge < -0.3 is 4.57 Å². The molecule has 4 nitrogen and oxygen atoms in total. The van der Waals surface area contributed by atoms with Gasteiger partial charge in [-0.25, -0.2) is 9.97 Å². The Morgan fingerprint density at radius 3 is 1.93 bits per heavy atom. The van der Waals surface area contributed by atoms with Crippen molar-refractivity contribution in [1.29, 1.82) is 0 Å². The Morgan fingerprint density at radius 2 is 1.04 bits per heavy atom. The van der Waals surface area contributed by atoms with Crippen molar-refractivity contribution in [2.24, 2.45) is 0 Å². The van der Waals surface area contributed by atoms with Gasteiger partial charge in [0.2, 0.25) is 0 Å². The highest BCUT2D eigenvalue weighted by Gasteiger charge is 2.30. The van der Waals surface area contributed by atoms with Crippen LogP contribution in [0.3, 0.4) is 0 Å². The van der Waals surface area contributed by atoms with Gasteiger partial charge in [0.05, 0.1) is 33.4 Å². The van der Waals surface area contributed by atoms with E-state index in [1.807, 2.05) is 12.1 Å². The molecule has 10 rings (SSSR count). The first-order chi connectivity index (χ1) is 22.8. The summed E-state index contributed by atoms with van der Waals surface area (Å²) < 4.78 is 2.36. The van der Waals surface area contributed by atoms with Gasteiger partial charge in [-0.3, -0.25) is 4.90 Å². The molecule has 9 aromatic rings. The second-order valence-electron chi connectivity index (χ2n) is 11.8. The zero-order valence-electron chi connectivity index (χ0n) is 24.8. The zero-order valence-corrected chi connectivity index (χ0v) is 24.8. The van der Waals surface area contributed by atoms with E-state index in [0.717, 1.165) is 61.6 Å². The van der Waals surface area contributed by atoms with E-state index in [2.05, 4.69) is 155 Å². The number of aromatic nitrogens is 3. The van der Waals surface area contributed by atoms with E-state index in [-0.39, 0.29) is 0 Å². The molecular weight excluding hydrogens is 560 g/mol. The molecule has 0 unspecified atom stereocenters. The highest BCUT2D eigenvalue weighted by Crippen LogP contribution is 2.52. The Hall–Kier alpha value is -6.26. The predicted octanol–water partition coefficient (Wildman–Crippen LogP) is 11.0. The van der Waals surface area contributed by atoms with E-state index < -0.39 is 0 Å². The fourth-order valence-corrected chi connectivity index (χ4v) is 7.39. The number of hydrogen-bond donors (Lipinski definition) is 0. The van der Waals surface area contributed by atoms with E-state index in [4.69, 9.17) is 9.97 Å². The summed E-state index contributed by atoms with van der Waals surface area (Å²) in [6.45, 7) is 0. The smallest absolute Gasteiger partial charge is 0.165 e. The lowest BCUT2D eigenvalue weighted by molar-refractivity contribution is 1.17. The minimum atomic E-state index is 0.817. The van der Waals surface area contributed by atoms with Crippen molar-refractivity contribution in [3.63, 3.8) is 0 Å². The van der Waals surface area contributed by atoms with E-state index >= 15 is 0 Å². The Labute approximate surface area is 265 Å². The van der Waals surface area contributed by atoms with Crippen molar-refractivity contribution in [2.45, 2.75) is 0 Å². The minimum Gasteiger partial charge on any atom is -0.309 e.